The van der Waals surface area contributed by atoms with Crippen LogP contribution < -0.4 is 4.90 Å². The van der Waals surface area contributed by atoms with Gasteiger partial charge in [0, 0.05) is 16.7 Å². The smallest absolute Gasteiger partial charge is 0.270 e. The van der Waals surface area contributed by atoms with Crippen molar-refractivity contribution in [1.29, 1.82) is 0 Å². The third-order valence-corrected chi connectivity index (χ3v) is 5.87. The van der Waals surface area contributed by atoms with Gasteiger partial charge in [0.25, 0.3) is 5.91 Å². The summed E-state index contributed by atoms with van der Waals surface area (Å²) in [4.78, 5) is 14.8. The Labute approximate surface area is 171 Å². The van der Waals surface area contributed by atoms with Gasteiger partial charge in [0.1, 0.15) is 11.5 Å². The number of nitrogens with zero attached hydrogens (tertiary/aromatic N) is 1. The van der Waals surface area contributed by atoms with Crippen LogP contribution in [0.5, 0.6) is 0 Å². The van der Waals surface area contributed by atoms with E-state index in [2.05, 4.69) is 0 Å². The summed E-state index contributed by atoms with van der Waals surface area (Å²) in [6.45, 7) is 1.95. The molecule has 0 radical (unpaired) electrons. The molecule has 134 valence electrons. The second-order valence-electron chi connectivity index (χ2n) is 6.02. The molecular formula is C21H14ClNO2S2. The summed E-state index contributed by atoms with van der Waals surface area (Å²) in [7, 11) is 0. The van der Waals surface area contributed by atoms with Gasteiger partial charge in [-0.3, -0.25) is 9.69 Å². The molecule has 2 heterocycles. The van der Waals surface area contributed by atoms with E-state index in [1.807, 2.05) is 67.6 Å². The Bertz CT molecular complexity index is 1070. The third-order valence-electron chi connectivity index (χ3n) is 4.16. The first kappa shape index (κ1) is 18.0. The number of anilines is 1. The predicted octanol–water partition coefficient (Wildman–Crippen LogP) is 6.31. The molecule has 0 atom stereocenters. The monoisotopic (exact) mass is 411 g/mol. The highest BCUT2D eigenvalue weighted by atomic mass is 35.5. The molecule has 1 amide bonds. The summed E-state index contributed by atoms with van der Waals surface area (Å²) >= 11 is 12.8. The number of carbonyl (C=O) groups is 1. The quantitative estimate of drug-likeness (QED) is 0.373. The zero-order valence-corrected chi connectivity index (χ0v) is 16.7. The van der Waals surface area contributed by atoms with Crippen LogP contribution in [-0.4, -0.2) is 10.2 Å². The maximum absolute atomic E-state index is 12.8. The maximum atomic E-state index is 12.8. The lowest BCUT2D eigenvalue weighted by Gasteiger charge is -2.13. The van der Waals surface area contributed by atoms with Crippen LogP contribution in [0.25, 0.3) is 17.4 Å². The molecule has 0 aliphatic carbocycles. The number of thiocarbonyl (C=S) groups is 1. The summed E-state index contributed by atoms with van der Waals surface area (Å²) in [5.74, 6) is 1.14. The summed E-state index contributed by atoms with van der Waals surface area (Å²) < 4.78 is 6.40. The molecule has 3 aromatic rings. The van der Waals surface area contributed by atoms with Crippen molar-refractivity contribution in [2.45, 2.75) is 6.92 Å². The number of carbonyl (C=O) groups excluding carboxylic acids is 1. The molecule has 1 aromatic heterocycles. The van der Waals surface area contributed by atoms with Crippen LogP contribution in [0.2, 0.25) is 5.02 Å². The van der Waals surface area contributed by atoms with Crippen LogP contribution in [0.15, 0.2) is 70.0 Å². The van der Waals surface area contributed by atoms with Crippen molar-refractivity contribution in [3.05, 3.63) is 81.9 Å². The second-order valence-corrected chi connectivity index (χ2v) is 8.10. The van der Waals surface area contributed by atoms with Gasteiger partial charge in [0.05, 0.1) is 10.6 Å². The Kier molecular flexibility index (Phi) is 4.91. The van der Waals surface area contributed by atoms with Gasteiger partial charge in [-0.1, -0.05) is 65.9 Å². The predicted molar refractivity (Wildman–Crippen MR) is 116 cm³/mol. The largest absolute Gasteiger partial charge is 0.457 e. The van der Waals surface area contributed by atoms with E-state index >= 15 is 0 Å². The van der Waals surface area contributed by atoms with Crippen LogP contribution in [0, 0.1) is 6.92 Å². The molecule has 0 N–H and O–H groups in total. The van der Waals surface area contributed by atoms with E-state index in [-0.39, 0.29) is 5.91 Å². The molecule has 1 aliphatic heterocycles. The first-order chi connectivity index (χ1) is 13.0. The van der Waals surface area contributed by atoms with Gasteiger partial charge in [0.2, 0.25) is 0 Å². The Morgan fingerprint density at radius 3 is 2.63 bits per heavy atom. The molecule has 1 saturated heterocycles. The van der Waals surface area contributed by atoms with Crippen LogP contribution in [0.1, 0.15) is 11.3 Å². The molecule has 0 saturated carbocycles. The van der Waals surface area contributed by atoms with E-state index in [0.717, 1.165) is 16.8 Å². The van der Waals surface area contributed by atoms with Gasteiger partial charge in [-0.05, 0) is 42.8 Å². The zero-order chi connectivity index (χ0) is 19.0. The number of furan rings is 1. The Morgan fingerprint density at radius 2 is 1.89 bits per heavy atom. The molecule has 27 heavy (non-hydrogen) atoms. The number of thioether (sulfide) groups is 1. The average molecular weight is 412 g/mol. The van der Waals surface area contributed by atoms with Gasteiger partial charge >= 0.3 is 0 Å². The molecule has 4 rings (SSSR count). The Morgan fingerprint density at radius 1 is 1.11 bits per heavy atom. The van der Waals surface area contributed by atoms with E-state index in [1.165, 1.54) is 16.7 Å². The number of halogens is 1. The van der Waals surface area contributed by atoms with E-state index in [0.29, 0.717) is 25.8 Å². The normalized spacial score (nSPS) is 15.8. The number of aryl methyl sites for hydroxylation is 1. The first-order valence-corrected chi connectivity index (χ1v) is 9.82. The van der Waals surface area contributed by atoms with Crippen molar-refractivity contribution in [2.24, 2.45) is 0 Å². The van der Waals surface area contributed by atoms with Crippen molar-refractivity contribution >= 4 is 57.6 Å². The minimum absolute atomic E-state index is 0.146. The second kappa shape index (κ2) is 7.35. The van der Waals surface area contributed by atoms with E-state index in [9.17, 15) is 4.79 Å². The van der Waals surface area contributed by atoms with Gasteiger partial charge in [-0.2, -0.15) is 0 Å². The van der Waals surface area contributed by atoms with E-state index in [4.69, 9.17) is 28.2 Å². The highest BCUT2D eigenvalue weighted by molar-refractivity contribution is 8.27. The van der Waals surface area contributed by atoms with Crippen molar-refractivity contribution in [2.75, 3.05) is 4.90 Å². The summed E-state index contributed by atoms with van der Waals surface area (Å²) in [6, 6.07) is 18.9. The standard InChI is InChI=1S/C21H14ClNO2S2/c1-13-7-8-14(11-17(13)22)18-10-9-16(25-18)12-19-20(24)23(21(26)27-19)15-5-3-2-4-6-15/h2-12H,1H3/b19-12-. The molecule has 0 unspecified atom stereocenters. The van der Waals surface area contributed by atoms with Gasteiger partial charge in [-0.25, -0.2) is 0 Å². The SMILES string of the molecule is Cc1ccc(-c2ccc(/C=C3\SC(=S)N(c4ccccc4)C3=O)o2)cc1Cl. The van der Waals surface area contributed by atoms with E-state index < -0.39 is 0 Å². The summed E-state index contributed by atoms with van der Waals surface area (Å²) in [5, 5.41) is 0.689. The lowest BCUT2D eigenvalue weighted by Crippen LogP contribution is -2.27. The summed E-state index contributed by atoms with van der Waals surface area (Å²) in [6.07, 6.45) is 1.72. The molecule has 0 bridgehead atoms. The number of hydrogen-bond donors (Lipinski definition) is 0. The zero-order valence-electron chi connectivity index (χ0n) is 14.3. The fraction of sp³-hybridized carbons (Fsp3) is 0.0476. The number of rotatable bonds is 3. The van der Waals surface area contributed by atoms with E-state index in [1.54, 1.807) is 6.08 Å². The minimum atomic E-state index is -0.146. The lowest BCUT2D eigenvalue weighted by molar-refractivity contribution is -0.113. The molecule has 6 heteroatoms. The van der Waals surface area contributed by atoms with Crippen molar-refractivity contribution < 1.29 is 9.21 Å². The molecular weight excluding hydrogens is 398 g/mol. The molecule has 1 aliphatic rings. The summed E-state index contributed by atoms with van der Waals surface area (Å²) in [5.41, 5.74) is 2.66. The third kappa shape index (κ3) is 3.58. The minimum Gasteiger partial charge on any atom is -0.457 e. The fourth-order valence-corrected chi connectivity index (χ4v) is 4.19. The first-order valence-electron chi connectivity index (χ1n) is 8.22. The topological polar surface area (TPSA) is 33.5 Å². The molecule has 2 aromatic carbocycles. The number of benzene rings is 2. The Balaban J connectivity index is 1.61. The van der Waals surface area contributed by atoms with Crippen LogP contribution >= 0.6 is 35.6 Å². The number of hydrogen-bond acceptors (Lipinski definition) is 4. The maximum Gasteiger partial charge on any atom is 0.270 e. The van der Waals surface area contributed by atoms with Crippen LogP contribution in [0.4, 0.5) is 5.69 Å². The Hall–Kier alpha value is -2.34. The lowest BCUT2D eigenvalue weighted by atomic mass is 10.1. The number of amides is 1. The average Bonchev–Trinajstić information content (AvgIpc) is 3.23. The van der Waals surface area contributed by atoms with Crippen molar-refractivity contribution in [3.8, 4) is 11.3 Å². The highest BCUT2D eigenvalue weighted by Gasteiger charge is 2.33. The fourth-order valence-electron chi connectivity index (χ4n) is 2.73. The van der Waals surface area contributed by atoms with Crippen molar-refractivity contribution in [3.63, 3.8) is 0 Å². The van der Waals surface area contributed by atoms with Crippen LogP contribution in [0.3, 0.4) is 0 Å². The molecule has 0 spiro atoms. The number of para-hydroxylation sites is 1. The van der Waals surface area contributed by atoms with Gasteiger partial charge < -0.3 is 4.42 Å². The van der Waals surface area contributed by atoms with Crippen molar-refractivity contribution in [1.82, 2.24) is 0 Å². The molecule has 3 nitrogen and oxygen atoms in total. The van der Waals surface area contributed by atoms with Gasteiger partial charge in [0.15, 0.2) is 4.32 Å². The van der Waals surface area contributed by atoms with Crippen LogP contribution in [-0.2, 0) is 4.79 Å². The highest BCUT2D eigenvalue weighted by Crippen LogP contribution is 2.36. The molecule has 1 fully saturated rings. The van der Waals surface area contributed by atoms with Gasteiger partial charge in [-0.15, -0.1) is 0 Å².